The van der Waals surface area contributed by atoms with Crippen LogP contribution in [-0.4, -0.2) is 145 Å². The van der Waals surface area contributed by atoms with Gasteiger partial charge in [-0.1, -0.05) is 70.2 Å². The Bertz CT molecular complexity index is 2630. The maximum Gasteiger partial charge on any atom is 0.324 e. The number of phenols is 1. The van der Waals surface area contributed by atoms with Crippen LogP contribution in [0.15, 0.2) is 72.8 Å². The number of aromatic hydroxyl groups is 1. The second-order valence-electron chi connectivity index (χ2n) is 21.0. The molecule has 1 aromatic heterocycles. The zero-order valence-electron chi connectivity index (χ0n) is 44.8. The molecule has 4 amide bonds. The van der Waals surface area contributed by atoms with Crippen molar-refractivity contribution in [2.24, 2.45) is 17.3 Å². The van der Waals surface area contributed by atoms with Crippen LogP contribution in [0.25, 0.3) is 33.3 Å². The SMILES string of the molecule is CCn1c(-c2ccccc2CCOC)c2c3cc(ccc31)-c1cc(O)cc(c1)C[C@H](NC(=O)[C@H](C(C)C)N(C)C(=O)C1CCN(C(=O)/C=C/CN(C)C)CC1)C(=O)N1CCC[C@H](N1)C(=O)OCC(C)(C)C2.S.S.S. The summed E-state index contributed by atoms with van der Waals surface area (Å²) in [7, 11) is 7.21. The molecule has 406 valence electrons. The van der Waals surface area contributed by atoms with Crippen LogP contribution in [0.3, 0.4) is 0 Å². The van der Waals surface area contributed by atoms with Crippen molar-refractivity contribution in [2.75, 3.05) is 67.6 Å². The second kappa shape index (κ2) is 27.2. The molecule has 0 aliphatic carbocycles. The van der Waals surface area contributed by atoms with Gasteiger partial charge in [0.2, 0.25) is 17.7 Å². The third-order valence-electron chi connectivity index (χ3n) is 14.2. The smallest absolute Gasteiger partial charge is 0.324 e. The molecule has 0 saturated carbocycles. The lowest BCUT2D eigenvalue weighted by molar-refractivity contribution is -0.155. The molecule has 0 unspecified atom stereocenters. The van der Waals surface area contributed by atoms with Crippen LogP contribution in [0.4, 0.5) is 0 Å². The van der Waals surface area contributed by atoms with Crippen LogP contribution in [0.2, 0.25) is 0 Å². The van der Waals surface area contributed by atoms with Crippen molar-refractivity contribution >= 4 is 81.0 Å². The fourth-order valence-electron chi connectivity index (χ4n) is 10.6. The number of aromatic nitrogens is 1. The van der Waals surface area contributed by atoms with E-state index in [1.165, 1.54) is 15.5 Å². The first-order chi connectivity index (χ1) is 33.9. The number of likely N-dealkylation sites (N-methyl/N-ethyl adjacent to an activating group) is 2. The van der Waals surface area contributed by atoms with Gasteiger partial charge in [0, 0.05) is 87.2 Å². The van der Waals surface area contributed by atoms with Crippen molar-refractivity contribution < 1.29 is 38.6 Å². The fraction of sp³-hybridized carbons (Fsp3) is 0.518. The minimum atomic E-state index is -1.15. The van der Waals surface area contributed by atoms with E-state index in [1.54, 1.807) is 37.3 Å². The van der Waals surface area contributed by atoms with Gasteiger partial charge in [0.25, 0.3) is 5.91 Å². The van der Waals surface area contributed by atoms with Gasteiger partial charge in [0.1, 0.15) is 23.9 Å². The number of fused-ring (bicyclic) bond motifs is 6. The van der Waals surface area contributed by atoms with E-state index in [0.29, 0.717) is 70.5 Å². The highest BCUT2D eigenvalue weighted by Gasteiger charge is 2.39. The Kier molecular flexibility index (Phi) is 22.6. The first-order valence-electron chi connectivity index (χ1n) is 25.4. The quantitative estimate of drug-likeness (QED) is 0.0968. The molecule has 4 aromatic rings. The predicted octanol–water partition coefficient (Wildman–Crippen LogP) is 6.72. The van der Waals surface area contributed by atoms with E-state index in [0.717, 1.165) is 45.3 Å². The summed E-state index contributed by atoms with van der Waals surface area (Å²) in [5, 5.41) is 16.9. The normalized spacial score (nSPS) is 18.7. The van der Waals surface area contributed by atoms with Crippen LogP contribution in [0.5, 0.6) is 5.75 Å². The number of rotatable bonds is 13. The fourth-order valence-corrected chi connectivity index (χ4v) is 10.6. The second-order valence-corrected chi connectivity index (χ2v) is 21.0. The molecule has 7 rings (SSSR count). The molecule has 3 N–H and O–H groups in total. The van der Waals surface area contributed by atoms with Gasteiger partial charge in [0.05, 0.1) is 18.9 Å². The number of methoxy groups -OCH3 is 1. The van der Waals surface area contributed by atoms with Gasteiger partial charge in [-0.15, -0.1) is 0 Å². The number of hydrogen-bond acceptors (Lipinski definition) is 10. The first kappa shape index (κ1) is 61.6. The molecule has 74 heavy (non-hydrogen) atoms. The largest absolute Gasteiger partial charge is 0.508 e. The number of aryl methyl sites for hydroxylation is 1. The molecule has 6 bridgehead atoms. The van der Waals surface area contributed by atoms with Gasteiger partial charge in [-0.05, 0) is 118 Å². The molecule has 2 fully saturated rings. The number of nitrogens with one attached hydrogen (secondary N) is 2. The van der Waals surface area contributed by atoms with Gasteiger partial charge in [-0.25, -0.2) is 5.43 Å². The van der Waals surface area contributed by atoms with Gasteiger partial charge in [-0.3, -0.25) is 29.0 Å². The third kappa shape index (κ3) is 14.5. The number of piperidine rings is 1. The number of phenolic OH excluding ortho intramolecular Hbond substituents is 1. The molecule has 3 aliphatic heterocycles. The van der Waals surface area contributed by atoms with Gasteiger partial charge in [0.15, 0.2) is 0 Å². The minimum Gasteiger partial charge on any atom is -0.508 e. The highest BCUT2D eigenvalue weighted by Crippen LogP contribution is 2.42. The number of cyclic esters (lactones) is 1. The van der Waals surface area contributed by atoms with Crippen LogP contribution in [-0.2, 0) is 59.3 Å². The lowest BCUT2D eigenvalue weighted by Gasteiger charge is -2.38. The number of esters is 1. The van der Waals surface area contributed by atoms with Crippen molar-refractivity contribution in [2.45, 2.75) is 104 Å². The molecular weight excluding hydrogens is 995 g/mol. The number of carbonyl (C=O) groups excluding carboxylic acids is 5. The minimum absolute atomic E-state index is 0. The molecule has 3 aliphatic rings. The highest BCUT2D eigenvalue weighted by molar-refractivity contribution is 7.59. The summed E-state index contributed by atoms with van der Waals surface area (Å²) >= 11 is 0. The Morgan fingerprint density at radius 3 is 2.35 bits per heavy atom. The number of hydrazine groups is 1. The number of carbonyl (C=O) groups is 5. The van der Waals surface area contributed by atoms with Crippen molar-refractivity contribution in [3.05, 3.63) is 89.5 Å². The highest BCUT2D eigenvalue weighted by atomic mass is 32.1. The van der Waals surface area contributed by atoms with E-state index in [9.17, 15) is 29.1 Å². The van der Waals surface area contributed by atoms with Gasteiger partial charge >= 0.3 is 5.97 Å². The van der Waals surface area contributed by atoms with Gasteiger partial charge < -0.3 is 39.2 Å². The van der Waals surface area contributed by atoms with Crippen LogP contribution < -0.4 is 10.7 Å². The average molecular weight is 1080 g/mol. The van der Waals surface area contributed by atoms with Crippen molar-refractivity contribution in [3.8, 4) is 28.1 Å². The maximum atomic E-state index is 14.8. The van der Waals surface area contributed by atoms with Crippen molar-refractivity contribution in [1.29, 1.82) is 0 Å². The Labute approximate surface area is 459 Å². The van der Waals surface area contributed by atoms with Crippen molar-refractivity contribution in [1.82, 2.24) is 35.0 Å². The summed E-state index contributed by atoms with van der Waals surface area (Å²) in [6, 6.07) is 17.2. The number of nitrogens with zero attached hydrogens (tertiary/aromatic N) is 5. The summed E-state index contributed by atoms with van der Waals surface area (Å²) in [6.07, 6.45) is 6.64. The topological polar surface area (TPSA) is 166 Å². The number of likely N-dealkylation sites (tertiary alicyclic amines) is 1. The molecular formula is C56H81N7O8S3. The Morgan fingerprint density at radius 1 is 0.959 bits per heavy atom. The number of amides is 4. The number of benzene rings is 3. The van der Waals surface area contributed by atoms with E-state index < -0.39 is 41.3 Å². The molecule has 2 saturated heterocycles. The van der Waals surface area contributed by atoms with Gasteiger partial charge in [-0.2, -0.15) is 40.5 Å². The Morgan fingerprint density at radius 2 is 1.68 bits per heavy atom. The summed E-state index contributed by atoms with van der Waals surface area (Å²) in [6.45, 7) is 13.3. The summed E-state index contributed by atoms with van der Waals surface area (Å²) < 4.78 is 14.0. The molecule has 3 atom stereocenters. The lowest BCUT2D eigenvalue weighted by Crippen LogP contribution is -2.62. The molecule has 0 radical (unpaired) electrons. The number of hydrogen-bond donors (Lipinski definition) is 3. The molecule has 4 heterocycles. The first-order valence-corrected chi connectivity index (χ1v) is 25.4. The van der Waals surface area contributed by atoms with Crippen LogP contribution in [0.1, 0.15) is 77.0 Å². The Balaban J connectivity index is 0.00000395. The monoisotopic (exact) mass is 1080 g/mol. The van der Waals surface area contributed by atoms with E-state index in [2.05, 4.69) is 78.5 Å². The predicted molar refractivity (Wildman–Crippen MR) is 307 cm³/mol. The van der Waals surface area contributed by atoms with Crippen molar-refractivity contribution in [3.63, 3.8) is 0 Å². The lowest BCUT2D eigenvalue weighted by atomic mass is 9.83. The summed E-state index contributed by atoms with van der Waals surface area (Å²) in [5.41, 5.74) is 10.4. The van der Waals surface area contributed by atoms with E-state index in [4.69, 9.17) is 9.47 Å². The molecule has 0 spiro atoms. The average Bonchev–Trinajstić information content (AvgIpc) is 3.64. The zero-order chi connectivity index (χ0) is 51.1. The molecule has 15 nitrogen and oxygen atoms in total. The number of ether oxygens (including phenoxy) is 2. The standard InChI is InChI=1S/C56H75N7O8.3H2S/c1-10-62-48-20-19-40-33-44(48)45(51(62)43-16-12-11-15-38(43)23-28-70-9)34-56(4,5)35-71-55(69)46-17-13-25-63(58-46)54(68)47(31-37-29-41(40)32-42(64)30-37)57-52(66)50(36(2)3)60(8)53(67)39-21-26-61(27-22-39)49(65)18-14-24-59(6)7;;;/h11-12,14-16,18-20,29-30,32-33,36,39,46-47,50,58,64H,10,13,17,21-28,31,34-35H2,1-9H3,(H,57,66);3*1H2/b18-14+;;;/t46-,47-,50-;;;/m0.../s1. The third-order valence-corrected chi connectivity index (χ3v) is 14.2. The molecule has 3 aromatic carbocycles. The van der Waals surface area contributed by atoms with E-state index in [-0.39, 0.29) is 89.5 Å². The summed E-state index contributed by atoms with van der Waals surface area (Å²) in [4.78, 5) is 75.7. The van der Waals surface area contributed by atoms with Crippen LogP contribution >= 0.6 is 40.5 Å². The van der Waals surface area contributed by atoms with Crippen LogP contribution in [0, 0.1) is 17.3 Å². The maximum absolute atomic E-state index is 14.8. The Hall–Kier alpha value is -4.98. The molecule has 18 heteroatoms. The van der Waals surface area contributed by atoms with E-state index >= 15 is 0 Å². The van der Waals surface area contributed by atoms with E-state index in [1.807, 2.05) is 45.0 Å². The zero-order valence-corrected chi connectivity index (χ0v) is 47.8. The summed E-state index contributed by atoms with van der Waals surface area (Å²) in [5.74, 6) is -2.40.